The minimum atomic E-state index is -0.318. The molecule has 122 valence electrons. The van der Waals surface area contributed by atoms with E-state index in [0.717, 1.165) is 16.5 Å². The van der Waals surface area contributed by atoms with Gasteiger partial charge in [-0.1, -0.05) is 35.0 Å². The fourth-order valence-electron chi connectivity index (χ4n) is 2.23. The molecule has 2 aromatic rings. The minimum Gasteiger partial charge on any atom is -0.459 e. The first kappa shape index (κ1) is 17.3. The summed E-state index contributed by atoms with van der Waals surface area (Å²) >= 11 is 3.39. The molecule has 1 aromatic carbocycles. The molecule has 0 spiro atoms. The summed E-state index contributed by atoms with van der Waals surface area (Å²) in [4.78, 5) is 25.6. The second-order valence-electron chi connectivity index (χ2n) is 5.22. The summed E-state index contributed by atoms with van der Waals surface area (Å²) in [6, 6.07) is 11.0. The van der Waals surface area contributed by atoms with Crippen molar-refractivity contribution in [1.82, 2.24) is 10.2 Å². The maximum absolute atomic E-state index is 12.2. The zero-order valence-corrected chi connectivity index (χ0v) is 14.7. The Morgan fingerprint density at radius 1 is 1.26 bits per heavy atom. The fourth-order valence-corrected chi connectivity index (χ4v) is 2.50. The van der Waals surface area contributed by atoms with Crippen LogP contribution in [0.3, 0.4) is 0 Å². The Hall–Kier alpha value is -2.08. The molecule has 2 rings (SSSR count). The first-order valence-electron chi connectivity index (χ1n) is 7.35. The van der Waals surface area contributed by atoms with Crippen molar-refractivity contribution in [2.75, 3.05) is 13.6 Å². The van der Waals surface area contributed by atoms with E-state index in [0.29, 0.717) is 0 Å². The van der Waals surface area contributed by atoms with Crippen LogP contribution >= 0.6 is 15.9 Å². The van der Waals surface area contributed by atoms with Crippen LogP contribution in [0.15, 0.2) is 51.6 Å². The second-order valence-corrected chi connectivity index (χ2v) is 6.13. The number of carbonyl (C=O) groups excluding carboxylic acids is 2. The van der Waals surface area contributed by atoms with Crippen LogP contribution in [0.4, 0.5) is 0 Å². The van der Waals surface area contributed by atoms with E-state index in [1.54, 1.807) is 19.2 Å². The Bertz CT molecular complexity index is 653. The summed E-state index contributed by atoms with van der Waals surface area (Å²) in [5.41, 5.74) is 1.03. The van der Waals surface area contributed by atoms with Crippen LogP contribution in [0, 0.1) is 0 Å². The average molecular weight is 379 g/mol. The highest BCUT2D eigenvalue weighted by Gasteiger charge is 2.19. The summed E-state index contributed by atoms with van der Waals surface area (Å²) in [6.07, 6.45) is 2.20. The molecule has 1 aromatic heterocycles. The van der Waals surface area contributed by atoms with Crippen LogP contribution in [-0.4, -0.2) is 30.3 Å². The van der Waals surface area contributed by atoms with Crippen LogP contribution in [0.25, 0.3) is 0 Å². The van der Waals surface area contributed by atoms with Gasteiger partial charge in [-0.15, -0.1) is 0 Å². The molecule has 1 atom stereocenters. The lowest BCUT2D eigenvalue weighted by Gasteiger charge is -2.20. The van der Waals surface area contributed by atoms with E-state index in [4.69, 9.17) is 4.42 Å². The molecule has 1 N–H and O–H groups in total. The van der Waals surface area contributed by atoms with Gasteiger partial charge in [-0.3, -0.25) is 9.59 Å². The topological polar surface area (TPSA) is 62.6 Å². The molecule has 23 heavy (non-hydrogen) atoms. The molecule has 6 heteroatoms. The summed E-state index contributed by atoms with van der Waals surface area (Å²) in [5.74, 6) is -0.302. The zero-order chi connectivity index (χ0) is 16.8. The first-order chi connectivity index (χ1) is 11.0. The van der Waals surface area contributed by atoms with Crippen LogP contribution in [0.2, 0.25) is 0 Å². The zero-order valence-electron chi connectivity index (χ0n) is 13.1. The molecular weight excluding hydrogens is 360 g/mol. The van der Waals surface area contributed by atoms with E-state index in [-0.39, 0.29) is 30.2 Å². The van der Waals surface area contributed by atoms with E-state index >= 15 is 0 Å². The second kappa shape index (κ2) is 7.97. The molecule has 0 aliphatic heterocycles. The van der Waals surface area contributed by atoms with Gasteiger partial charge in [0, 0.05) is 11.5 Å². The van der Waals surface area contributed by atoms with E-state index in [9.17, 15) is 9.59 Å². The van der Waals surface area contributed by atoms with Crippen molar-refractivity contribution < 1.29 is 14.0 Å². The number of rotatable bonds is 6. The Labute approximate surface area is 143 Å². The number of halogens is 1. The molecule has 2 amide bonds. The van der Waals surface area contributed by atoms with Crippen LogP contribution in [0.5, 0.6) is 0 Å². The lowest BCUT2D eigenvalue weighted by atomic mass is 10.0. The van der Waals surface area contributed by atoms with Crippen molar-refractivity contribution in [2.45, 2.75) is 19.4 Å². The standard InChI is InChI=1S/C17H19BrN2O3/c1-3-14(12-6-8-13(18)9-7-12)19-16(21)11-20(2)17(22)15-5-4-10-23-15/h4-10,14H,3,11H2,1-2H3,(H,19,21). The molecule has 5 nitrogen and oxygen atoms in total. The molecule has 0 fully saturated rings. The number of furan rings is 1. The largest absolute Gasteiger partial charge is 0.459 e. The van der Waals surface area contributed by atoms with E-state index < -0.39 is 0 Å². The number of hydrogen-bond donors (Lipinski definition) is 1. The number of amides is 2. The summed E-state index contributed by atoms with van der Waals surface area (Å²) in [6.45, 7) is 1.98. The number of likely N-dealkylation sites (N-methyl/N-ethyl adjacent to an activating group) is 1. The summed E-state index contributed by atoms with van der Waals surface area (Å²) in [7, 11) is 1.57. The number of nitrogens with zero attached hydrogens (tertiary/aromatic N) is 1. The van der Waals surface area contributed by atoms with Gasteiger partial charge < -0.3 is 14.6 Å². The predicted octanol–water partition coefficient (Wildman–Crippen LogP) is 3.38. The van der Waals surface area contributed by atoms with Gasteiger partial charge in [0.05, 0.1) is 18.8 Å². The van der Waals surface area contributed by atoms with Crippen LogP contribution < -0.4 is 5.32 Å². The average Bonchev–Trinajstić information content (AvgIpc) is 3.07. The van der Waals surface area contributed by atoms with Gasteiger partial charge in [-0.25, -0.2) is 0 Å². The maximum atomic E-state index is 12.2. The molecule has 0 bridgehead atoms. The van der Waals surface area contributed by atoms with Gasteiger partial charge in [-0.2, -0.15) is 0 Å². The van der Waals surface area contributed by atoms with Gasteiger partial charge >= 0.3 is 0 Å². The van der Waals surface area contributed by atoms with E-state index in [1.165, 1.54) is 11.2 Å². The highest BCUT2D eigenvalue weighted by molar-refractivity contribution is 9.10. The highest BCUT2D eigenvalue weighted by atomic mass is 79.9. The van der Waals surface area contributed by atoms with Gasteiger partial charge in [0.15, 0.2) is 5.76 Å². The van der Waals surface area contributed by atoms with Gasteiger partial charge in [0.2, 0.25) is 5.91 Å². The molecule has 0 saturated carbocycles. The third-order valence-corrected chi connectivity index (χ3v) is 4.00. The quantitative estimate of drug-likeness (QED) is 0.837. The Morgan fingerprint density at radius 3 is 2.52 bits per heavy atom. The summed E-state index contributed by atoms with van der Waals surface area (Å²) < 4.78 is 6.05. The van der Waals surface area contributed by atoms with E-state index in [2.05, 4.69) is 21.2 Å². The van der Waals surface area contributed by atoms with Crippen LogP contribution in [0.1, 0.15) is 35.5 Å². The molecule has 0 aliphatic carbocycles. The van der Waals surface area contributed by atoms with Gasteiger partial charge in [0.25, 0.3) is 5.91 Å². The third kappa shape index (κ3) is 4.69. The third-order valence-electron chi connectivity index (χ3n) is 3.48. The van der Waals surface area contributed by atoms with Gasteiger partial charge in [-0.05, 0) is 36.2 Å². The summed E-state index contributed by atoms with van der Waals surface area (Å²) in [5, 5.41) is 2.95. The van der Waals surface area contributed by atoms with E-state index in [1.807, 2.05) is 31.2 Å². The number of benzene rings is 1. The number of hydrogen-bond acceptors (Lipinski definition) is 3. The molecule has 0 radical (unpaired) electrons. The Kier molecular flexibility index (Phi) is 5.98. The molecular formula is C17H19BrN2O3. The molecule has 1 unspecified atom stereocenters. The highest BCUT2D eigenvalue weighted by Crippen LogP contribution is 2.19. The molecule has 1 heterocycles. The minimum absolute atomic E-state index is 0.0213. The normalized spacial score (nSPS) is 11.8. The van der Waals surface area contributed by atoms with Crippen molar-refractivity contribution in [3.05, 3.63) is 58.5 Å². The first-order valence-corrected chi connectivity index (χ1v) is 8.14. The fraction of sp³-hybridized carbons (Fsp3) is 0.294. The van der Waals surface area contributed by atoms with Crippen molar-refractivity contribution in [3.8, 4) is 0 Å². The smallest absolute Gasteiger partial charge is 0.289 e. The monoisotopic (exact) mass is 378 g/mol. The van der Waals surface area contributed by atoms with Crippen molar-refractivity contribution in [2.24, 2.45) is 0 Å². The Morgan fingerprint density at radius 2 is 1.96 bits per heavy atom. The van der Waals surface area contributed by atoms with Crippen molar-refractivity contribution >= 4 is 27.7 Å². The van der Waals surface area contributed by atoms with Gasteiger partial charge in [0.1, 0.15) is 0 Å². The van der Waals surface area contributed by atoms with Crippen LogP contribution in [-0.2, 0) is 4.79 Å². The van der Waals surface area contributed by atoms with Crippen molar-refractivity contribution in [3.63, 3.8) is 0 Å². The Balaban J connectivity index is 1.94. The number of nitrogens with one attached hydrogen (secondary N) is 1. The number of carbonyl (C=O) groups is 2. The SMILES string of the molecule is CCC(NC(=O)CN(C)C(=O)c1ccco1)c1ccc(Br)cc1. The lowest BCUT2D eigenvalue weighted by molar-refractivity contribution is -0.122. The molecule has 0 aliphatic rings. The predicted molar refractivity (Wildman–Crippen MR) is 91.0 cm³/mol. The maximum Gasteiger partial charge on any atom is 0.289 e. The molecule has 0 saturated heterocycles. The van der Waals surface area contributed by atoms with Crippen molar-refractivity contribution in [1.29, 1.82) is 0 Å². The lowest BCUT2D eigenvalue weighted by Crippen LogP contribution is -2.39.